The second-order valence-corrected chi connectivity index (χ2v) is 4.35. The van der Waals surface area contributed by atoms with Gasteiger partial charge in [0, 0.05) is 13.5 Å². The van der Waals surface area contributed by atoms with Gasteiger partial charge in [0.2, 0.25) is 0 Å². The molecule has 0 aromatic heterocycles. The number of halogens is 5. The summed E-state index contributed by atoms with van der Waals surface area (Å²) in [4.78, 5) is 0. The summed E-state index contributed by atoms with van der Waals surface area (Å²) in [5, 5.41) is 9.75. The largest absolute Gasteiger partial charge is 0.414 e. The molecule has 2 nitrogen and oxygen atoms in total. The number of benzene rings is 1. The molecule has 0 aliphatic heterocycles. The molecule has 0 bridgehead atoms. The highest BCUT2D eigenvalue weighted by molar-refractivity contribution is 5.28. The Morgan fingerprint density at radius 3 is 2.30 bits per heavy atom. The zero-order chi connectivity index (χ0) is 15.5. The van der Waals surface area contributed by atoms with Crippen LogP contribution in [0.25, 0.3) is 0 Å². The fourth-order valence-electron chi connectivity index (χ4n) is 1.82. The summed E-state index contributed by atoms with van der Waals surface area (Å²) in [7, 11) is 0.869. The summed E-state index contributed by atoms with van der Waals surface area (Å²) in [5.41, 5.74) is -0.105. The van der Waals surface area contributed by atoms with Crippen molar-refractivity contribution in [3.63, 3.8) is 0 Å². The Bertz CT molecular complexity index is 459. The highest BCUT2D eigenvalue weighted by Gasteiger charge is 2.41. The van der Waals surface area contributed by atoms with Crippen LogP contribution < -0.4 is 0 Å². The van der Waals surface area contributed by atoms with E-state index in [0.29, 0.717) is 6.07 Å². The summed E-state index contributed by atoms with van der Waals surface area (Å²) in [6, 6.07) is 1.86. The zero-order valence-corrected chi connectivity index (χ0v) is 11.0. The Labute approximate surface area is 113 Å². The van der Waals surface area contributed by atoms with Crippen LogP contribution in [0.15, 0.2) is 12.1 Å². The molecule has 7 heteroatoms. The van der Waals surface area contributed by atoms with E-state index in [1.54, 1.807) is 6.92 Å². The maximum Gasteiger partial charge on any atom is 0.414 e. The molecule has 0 radical (unpaired) electrons. The quantitative estimate of drug-likeness (QED) is 0.843. The molecule has 2 unspecified atom stereocenters. The van der Waals surface area contributed by atoms with Crippen LogP contribution in [-0.2, 0) is 11.2 Å². The normalized spacial score (nSPS) is 15.2. The second-order valence-electron chi connectivity index (χ2n) is 4.35. The predicted octanol–water partition coefficient (Wildman–Crippen LogP) is 3.53. The van der Waals surface area contributed by atoms with Crippen LogP contribution in [0.1, 0.15) is 30.6 Å². The van der Waals surface area contributed by atoms with E-state index < -0.39 is 36.4 Å². The highest BCUT2D eigenvalue weighted by Crippen LogP contribution is 2.31. The number of methoxy groups -OCH3 is 1. The minimum Gasteiger partial charge on any atom is -0.388 e. The molecule has 0 fully saturated rings. The molecule has 114 valence electrons. The van der Waals surface area contributed by atoms with Crippen LogP contribution >= 0.6 is 0 Å². The van der Waals surface area contributed by atoms with Gasteiger partial charge < -0.3 is 9.84 Å². The Kier molecular flexibility index (Phi) is 5.47. The van der Waals surface area contributed by atoms with E-state index in [0.717, 1.165) is 13.2 Å². The minimum absolute atomic E-state index is 0.0000236. The van der Waals surface area contributed by atoms with Gasteiger partial charge in [0.1, 0.15) is 0 Å². The number of rotatable bonds is 5. The van der Waals surface area contributed by atoms with Crippen molar-refractivity contribution in [2.75, 3.05) is 7.11 Å². The van der Waals surface area contributed by atoms with E-state index in [-0.39, 0.29) is 17.5 Å². The molecule has 2 atom stereocenters. The van der Waals surface area contributed by atoms with Gasteiger partial charge in [-0.3, -0.25) is 0 Å². The summed E-state index contributed by atoms with van der Waals surface area (Å²) in [6.45, 7) is 1.57. The van der Waals surface area contributed by atoms with Crippen LogP contribution in [0.2, 0.25) is 0 Å². The maximum absolute atomic E-state index is 13.3. The Morgan fingerprint density at radius 2 is 1.85 bits per heavy atom. The SMILES string of the molecule is CCc1cc(C(O)CC(OC)C(F)(F)F)cc(F)c1F. The van der Waals surface area contributed by atoms with Crippen LogP contribution in [0.5, 0.6) is 0 Å². The molecular weight excluding hydrogens is 283 g/mol. The van der Waals surface area contributed by atoms with Crippen molar-refractivity contribution >= 4 is 0 Å². The van der Waals surface area contributed by atoms with Crippen LogP contribution in [0.4, 0.5) is 22.0 Å². The van der Waals surface area contributed by atoms with Crippen LogP contribution in [-0.4, -0.2) is 24.5 Å². The molecule has 1 aromatic carbocycles. The van der Waals surface area contributed by atoms with Gasteiger partial charge in [-0.1, -0.05) is 13.0 Å². The third kappa shape index (κ3) is 3.89. The first kappa shape index (κ1) is 16.8. The summed E-state index contributed by atoms with van der Waals surface area (Å²) >= 11 is 0. The maximum atomic E-state index is 13.3. The average Bonchev–Trinajstić information content (AvgIpc) is 2.37. The second kappa shape index (κ2) is 6.49. The molecule has 0 heterocycles. The van der Waals surface area contributed by atoms with E-state index in [2.05, 4.69) is 4.74 Å². The minimum atomic E-state index is -4.64. The Hall–Kier alpha value is -1.21. The molecule has 0 saturated heterocycles. The lowest BCUT2D eigenvalue weighted by Crippen LogP contribution is -2.32. The molecule has 1 aromatic rings. The Morgan fingerprint density at radius 1 is 1.25 bits per heavy atom. The highest BCUT2D eigenvalue weighted by atomic mass is 19.4. The average molecular weight is 298 g/mol. The van der Waals surface area contributed by atoms with E-state index in [4.69, 9.17) is 0 Å². The fraction of sp³-hybridized carbons (Fsp3) is 0.538. The lowest BCUT2D eigenvalue weighted by atomic mass is 9.99. The van der Waals surface area contributed by atoms with E-state index in [1.807, 2.05) is 0 Å². The number of aliphatic hydroxyl groups is 1. The van der Waals surface area contributed by atoms with Gasteiger partial charge in [-0.2, -0.15) is 13.2 Å². The van der Waals surface area contributed by atoms with Crippen LogP contribution in [0, 0.1) is 11.6 Å². The zero-order valence-electron chi connectivity index (χ0n) is 11.0. The first-order valence-corrected chi connectivity index (χ1v) is 5.96. The molecule has 1 N–H and O–H groups in total. The third-order valence-corrected chi connectivity index (χ3v) is 2.98. The number of aryl methyl sites for hydroxylation is 1. The molecule has 0 spiro atoms. The van der Waals surface area contributed by atoms with Crippen LogP contribution in [0.3, 0.4) is 0 Å². The first-order valence-electron chi connectivity index (χ1n) is 5.96. The lowest BCUT2D eigenvalue weighted by molar-refractivity contribution is -0.220. The third-order valence-electron chi connectivity index (χ3n) is 2.98. The van der Waals surface area contributed by atoms with Gasteiger partial charge in [-0.05, 0) is 23.6 Å². The van der Waals surface area contributed by atoms with Gasteiger partial charge in [0.25, 0.3) is 0 Å². The molecule has 0 saturated carbocycles. The number of hydrogen-bond acceptors (Lipinski definition) is 2. The van der Waals surface area contributed by atoms with Gasteiger partial charge >= 0.3 is 6.18 Å². The van der Waals surface area contributed by atoms with Crippen molar-refractivity contribution in [2.24, 2.45) is 0 Å². The van der Waals surface area contributed by atoms with Gasteiger partial charge in [0.05, 0.1) is 6.10 Å². The van der Waals surface area contributed by atoms with Crippen molar-refractivity contribution in [1.29, 1.82) is 0 Å². The van der Waals surface area contributed by atoms with Gasteiger partial charge in [-0.15, -0.1) is 0 Å². The fourth-order valence-corrected chi connectivity index (χ4v) is 1.82. The first-order chi connectivity index (χ1) is 9.20. The lowest BCUT2D eigenvalue weighted by Gasteiger charge is -2.22. The topological polar surface area (TPSA) is 29.5 Å². The molecular formula is C13H15F5O2. The molecule has 0 aliphatic carbocycles. The van der Waals surface area contributed by atoms with Crippen molar-refractivity contribution in [1.82, 2.24) is 0 Å². The molecule has 20 heavy (non-hydrogen) atoms. The monoisotopic (exact) mass is 298 g/mol. The molecule has 1 rings (SSSR count). The Balaban J connectivity index is 2.98. The van der Waals surface area contributed by atoms with E-state index in [9.17, 15) is 27.1 Å². The predicted molar refractivity (Wildman–Crippen MR) is 62.2 cm³/mol. The summed E-state index contributed by atoms with van der Waals surface area (Å²) < 4.78 is 68.4. The number of ether oxygens (including phenoxy) is 1. The van der Waals surface area contributed by atoms with Crippen molar-refractivity contribution in [2.45, 2.75) is 38.1 Å². The van der Waals surface area contributed by atoms with E-state index in [1.165, 1.54) is 0 Å². The van der Waals surface area contributed by atoms with Gasteiger partial charge in [0.15, 0.2) is 17.7 Å². The van der Waals surface area contributed by atoms with Crippen molar-refractivity contribution in [3.05, 3.63) is 34.9 Å². The summed E-state index contributed by atoms with van der Waals surface area (Å²) in [5.74, 6) is -2.25. The molecule has 0 aliphatic rings. The molecule has 0 amide bonds. The smallest absolute Gasteiger partial charge is 0.388 e. The summed E-state index contributed by atoms with van der Waals surface area (Å²) in [6.07, 6.45) is -9.02. The van der Waals surface area contributed by atoms with E-state index >= 15 is 0 Å². The number of alkyl halides is 3. The standard InChI is InChI=1S/C13H15F5O2/c1-3-7-4-8(5-9(14)12(7)15)10(19)6-11(20-2)13(16,17)18/h4-5,10-11,19H,3,6H2,1-2H3. The van der Waals surface area contributed by atoms with Crippen molar-refractivity contribution in [3.8, 4) is 0 Å². The van der Waals surface area contributed by atoms with Gasteiger partial charge in [-0.25, -0.2) is 8.78 Å². The number of hydrogen-bond donors (Lipinski definition) is 1. The van der Waals surface area contributed by atoms with Crippen molar-refractivity contribution < 1.29 is 31.8 Å². The number of aliphatic hydroxyl groups excluding tert-OH is 1.